The summed E-state index contributed by atoms with van der Waals surface area (Å²) < 4.78 is 32.6. The third kappa shape index (κ3) is 5.02. The average Bonchev–Trinajstić information content (AvgIpc) is 2.79. The van der Waals surface area contributed by atoms with Crippen LogP contribution in [0.25, 0.3) is 0 Å². The SMILES string of the molecule is CCC(C)c1ccc(S(=O)(=O)N2CCN(C(=O)Cc3ccc(OC)cc3)CC2)cc1. The molecule has 0 aliphatic carbocycles. The first-order valence-electron chi connectivity index (χ1n) is 10.4. The molecule has 0 radical (unpaired) electrons. The van der Waals surface area contributed by atoms with Gasteiger partial charge in [0.2, 0.25) is 15.9 Å². The second-order valence-corrected chi connectivity index (χ2v) is 9.63. The highest BCUT2D eigenvalue weighted by Crippen LogP contribution is 2.23. The van der Waals surface area contributed by atoms with Crippen LogP contribution in [0.2, 0.25) is 0 Å². The number of benzene rings is 2. The first kappa shape index (κ1) is 22.3. The number of carbonyl (C=O) groups excluding carboxylic acids is 1. The highest BCUT2D eigenvalue weighted by atomic mass is 32.2. The Morgan fingerprint density at radius 2 is 1.60 bits per heavy atom. The van der Waals surface area contributed by atoms with Crippen LogP contribution in [0.15, 0.2) is 53.4 Å². The Bertz CT molecular complexity index is 948. The Hall–Kier alpha value is -2.38. The maximum Gasteiger partial charge on any atom is 0.243 e. The summed E-state index contributed by atoms with van der Waals surface area (Å²) in [5.74, 6) is 1.17. The van der Waals surface area contributed by atoms with E-state index in [9.17, 15) is 13.2 Å². The quantitative estimate of drug-likeness (QED) is 0.676. The molecule has 7 heteroatoms. The minimum atomic E-state index is -3.55. The molecule has 2 aromatic rings. The number of sulfonamides is 1. The maximum atomic E-state index is 13.0. The van der Waals surface area contributed by atoms with Crippen LogP contribution < -0.4 is 4.74 Å². The summed E-state index contributed by atoms with van der Waals surface area (Å²) in [5, 5.41) is 0. The second kappa shape index (κ2) is 9.62. The largest absolute Gasteiger partial charge is 0.497 e. The number of ether oxygens (including phenoxy) is 1. The molecule has 1 atom stereocenters. The van der Waals surface area contributed by atoms with Crippen molar-refractivity contribution in [1.29, 1.82) is 0 Å². The van der Waals surface area contributed by atoms with Gasteiger partial charge in [0, 0.05) is 26.2 Å². The Balaban J connectivity index is 1.59. The minimum Gasteiger partial charge on any atom is -0.497 e. The van der Waals surface area contributed by atoms with Crippen molar-refractivity contribution in [3.8, 4) is 5.75 Å². The van der Waals surface area contributed by atoms with Crippen molar-refractivity contribution >= 4 is 15.9 Å². The van der Waals surface area contributed by atoms with Gasteiger partial charge in [-0.25, -0.2) is 8.42 Å². The molecule has 0 bridgehead atoms. The van der Waals surface area contributed by atoms with Gasteiger partial charge >= 0.3 is 0 Å². The topological polar surface area (TPSA) is 66.9 Å². The van der Waals surface area contributed by atoms with Crippen molar-refractivity contribution in [3.63, 3.8) is 0 Å². The predicted molar refractivity (Wildman–Crippen MR) is 117 cm³/mol. The summed E-state index contributed by atoms with van der Waals surface area (Å²) in [6.07, 6.45) is 1.31. The predicted octanol–water partition coefficient (Wildman–Crippen LogP) is 3.28. The van der Waals surface area contributed by atoms with Crippen LogP contribution in [0.4, 0.5) is 0 Å². The molecule has 2 aromatic carbocycles. The number of hydrogen-bond donors (Lipinski definition) is 0. The van der Waals surface area contributed by atoms with E-state index in [2.05, 4.69) is 13.8 Å². The fraction of sp³-hybridized carbons (Fsp3) is 0.435. The molecule has 1 saturated heterocycles. The molecular formula is C23H30N2O4S. The summed E-state index contributed by atoms with van der Waals surface area (Å²) in [5.41, 5.74) is 2.06. The van der Waals surface area contributed by atoms with Crippen LogP contribution in [0.5, 0.6) is 5.75 Å². The van der Waals surface area contributed by atoms with Crippen molar-refractivity contribution in [2.24, 2.45) is 0 Å². The van der Waals surface area contributed by atoms with Gasteiger partial charge in [-0.15, -0.1) is 0 Å². The van der Waals surface area contributed by atoms with Crippen molar-refractivity contribution in [1.82, 2.24) is 9.21 Å². The Kier molecular flexibility index (Phi) is 7.15. The molecule has 0 saturated carbocycles. The van der Waals surface area contributed by atoms with E-state index in [1.54, 1.807) is 24.1 Å². The van der Waals surface area contributed by atoms with E-state index in [0.717, 1.165) is 23.3 Å². The molecule has 1 aliphatic heterocycles. The summed E-state index contributed by atoms with van der Waals surface area (Å²) >= 11 is 0. The van der Waals surface area contributed by atoms with E-state index < -0.39 is 10.0 Å². The average molecular weight is 431 g/mol. The highest BCUT2D eigenvalue weighted by molar-refractivity contribution is 7.89. The van der Waals surface area contributed by atoms with E-state index in [-0.39, 0.29) is 5.91 Å². The first-order valence-corrected chi connectivity index (χ1v) is 11.8. The monoisotopic (exact) mass is 430 g/mol. The van der Waals surface area contributed by atoms with Crippen molar-refractivity contribution in [3.05, 3.63) is 59.7 Å². The summed E-state index contributed by atoms with van der Waals surface area (Å²) in [6.45, 7) is 5.67. The Morgan fingerprint density at radius 3 is 2.13 bits per heavy atom. The molecule has 1 unspecified atom stereocenters. The molecule has 162 valence electrons. The molecule has 1 aliphatic rings. The Morgan fingerprint density at radius 1 is 1.00 bits per heavy atom. The lowest BCUT2D eigenvalue weighted by molar-refractivity contribution is -0.131. The van der Waals surface area contributed by atoms with Gasteiger partial charge in [0.1, 0.15) is 5.75 Å². The molecular weight excluding hydrogens is 400 g/mol. The fourth-order valence-electron chi connectivity index (χ4n) is 3.56. The lowest BCUT2D eigenvalue weighted by Gasteiger charge is -2.34. The second-order valence-electron chi connectivity index (χ2n) is 7.69. The third-order valence-electron chi connectivity index (χ3n) is 5.81. The standard InChI is InChI=1S/C23H30N2O4S/c1-4-18(2)20-7-11-22(12-8-20)30(27,28)25-15-13-24(14-16-25)23(26)17-19-5-9-21(29-3)10-6-19/h5-12,18H,4,13-17H2,1-3H3. The fourth-order valence-corrected chi connectivity index (χ4v) is 4.98. The summed E-state index contributed by atoms with van der Waals surface area (Å²) in [7, 11) is -1.94. The van der Waals surface area contributed by atoms with Gasteiger partial charge in [-0.05, 0) is 47.7 Å². The van der Waals surface area contributed by atoms with E-state index in [1.807, 2.05) is 36.4 Å². The van der Waals surface area contributed by atoms with Crippen LogP contribution in [0.3, 0.4) is 0 Å². The lowest BCUT2D eigenvalue weighted by atomic mass is 9.99. The van der Waals surface area contributed by atoms with Gasteiger partial charge in [-0.1, -0.05) is 38.1 Å². The van der Waals surface area contributed by atoms with E-state index in [1.165, 1.54) is 4.31 Å². The maximum absolute atomic E-state index is 13.0. The molecule has 0 aromatic heterocycles. The van der Waals surface area contributed by atoms with Crippen LogP contribution in [0.1, 0.15) is 37.3 Å². The molecule has 1 fully saturated rings. The Labute approximate surface area is 179 Å². The first-order chi connectivity index (χ1) is 14.3. The molecule has 6 nitrogen and oxygen atoms in total. The number of amides is 1. The molecule has 30 heavy (non-hydrogen) atoms. The number of carbonyl (C=O) groups is 1. The zero-order valence-corrected chi connectivity index (χ0v) is 18.7. The molecule has 0 spiro atoms. The number of methoxy groups -OCH3 is 1. The normalized spacial score (nSPS) is 16.3. The van der Waals surface area contributed by atoms with E-state index in [4.69, 9.17) is 4.74 Å². The van der Waals surface area contributed by atoms with Gasteiger partial charge in [0.05, 0.1) is 18.4 Å². The van der Waals surface area contributed by atoms with Crippen LogP contribution in [-0.2, 0) is 21.2 Å². The number of rotatable bonds is 7. The summed E-state index contributed by atoms with van der Waals surface area (Å²) in [6, 6.07) is 14.6. The molecule has 1 heterocycles. The minimum absolute atomic E-state index is 0.00937. The van der Waals surface area contributed by atoms with Gasteiger partial charge in [-0.3, -0.25) is 4.79 Å². The van der Waals surface area contributed by atoms with Crippen molar-refractivity contribution in [2.75, 3.05) is 33.3 Å². The zero-order chi connectivity index (χ0) is 21.7. The number of hydrogen-bond acceptors (Lipinski definition) is 4. The zero-order valence-electron chi connectivity index (χ0n) is 17.9. The summed E-state index contributed by atoms with van der Waals surface area (Å²) in [4.78, 5) is 14.7. The number of piperazine rings is 1. The van der Waals surface area contributed by atoms with Crippen molar-refractivity contribution in [2.45, 2.75) is 37.5 Å². The van der Waals surface area contributed by atoms with Crippen molar-refractivity contribution < 1.29 is 17.9 Å². The molecule has 1 amide bonds. The van der Waals surface area contributed by atoms with Crippen LogP contribution in [-0.4, -0.2) is 56.8 Å². The smallest absolute Gasteiger partial charge is 0.243 e. The highest BCUT2D eigenvalue weighted by Gasteiger charge is 2.30. The van der Waals surface area contributed by atoms with Crippen LogP contribution in [0, 0.1) is 0 Å². The van der Waals surface area contributed by atoms with Gasteiger partial charge in [0.15, 0.2) is 0 Å². The molecule has 0 N–H and O–H groups in total. The molecule has 3 rings (SSSR count). The van der Waals surface area contributed by atoms with Gasteiger partial charge in [0.25, 0.3) is 0 Å². The van der Waals surface area contributed by atoms with Gasteiger partial charge in [-0.2, -0.15) is 4.31 Å². The number of nitrogens with zero attached hydrogens (tertiary/aromatic N) is 2. The van der Waals surface area contributed by atoms with E-state index in [0.29, 0.717) is 43.4 Å². The van der Waals surface area contributed by atoms with E-state index >= 15 is 0 Å². The third-order valence-corrected chi connectivity index (χ3v) is 7.72. The van der Waals surface area contributed by atoms with Gasteiger partial charge < -0.3 is 9.64 Å². The van der Waals surface area contributed by atoms with Crippen LogP contribution >= 0.6 is 0 Å². The lowest BCUT2D eigenvalue weighted by Crippen LogP contribution is -2.50.